The molecule has 2 heterocycles. The Labute approximate surface area is 187 Å². The number of carbonyl (C=O) groups is 2. The molecule has 7 nitrogen and oxygen atoms in total. The number of rotatable bonds is 7. The zero-order valence-electron chi connectivity index (χ0n) is 18.3. The van der Waals surface area contributed by atoms with Gasteiger partial charge in [0.15, 0.2) is 0 Å². The molecule has 0 aliphatic carbocycles. The van der Waals surface area contributed by atoms with Gasteiger partial charge in [0.1, 0.15) is 6.54 Å². The number of hydrogen-bond donors (Lipinski definition) is 2. The Hall–Kier alpha value is -3.61. The number of amides is 1. The van der Waals surface area contributed by atoms with Crippen molar-refractivity contribution in [2.45, 2.75) is 26.2 Å². The first-order valence-corrected chi connectivity index (χ1v) is 11.1. The van der Waals surface area contributed by atoms with E-state index in [1.54, 1.807) is 19.1 Å². The van der Waals surface area contributed by atoms with Crippen LogP contribution in [0.4, 0.5) is 5.69 Å². The quantitative estimate of drug-likeness (QED) is 0.551. The molecule has 0 atom stereocenters. The maximum absolute atomic E-state index is 12.2. The molecule has 1 aromatic heterocycles. The number of hydrogen-bond acceptors (Lipinski definition) is 5. The third-order valence-electron chi connectivity index (χ3n) is 5.62. The Morgan fingerprint density at radius 3 is 2.38 bits per heavy atom. The van der Waals surface area contributed by atoms with Crippen LogP contribution >= 0.6 is 0 Å². The summed E-state index contributed by atoms with van der Waals surface area (Å²) in [5, 5.41) is 10.1. The SMILES string of the molecule is CCOC(=O)CNC(=O)c1ccc(-c2cc(-c3ccc(N4CCCCC4)cc3)n[nH]2)cc1. The van der Waals surface area contributed by atoms with E-state index >= 15 is 0 Å². The van der Waals surface area contributed by atoms with Gasteiger partial charge in [0.05, 0.1) is 18.0 Å². The number of piperidine rings is 1. The zero-order valence-corrected chi connectivity index (χ0v) is 18.3. The van der Waals surface area contributed by atoms with Crippen LogP contribution in [0.1, 0.15) is 36.5 Å². The van der Waals surface area contributed by atoms with E-state index in [1.165, 1.54) is 24.9 Å². The number of nitrogens with one attached hydrogen (secondary N) is 2. The Balaban J connectivity index is 1.40. The van der Waals surface area contributed by atoms with Crippen molar-refractivity contribution in [2.24, 2.45) is 0 Å². The lowest BCUT2D eigenvalue weighted by Gasteiger charge is -2.28. The molecule has 0 bridgehead atoms. The summed E-state index contributed by atoms with van der Waals surface area (Å²) in [5.74, 6) is -0.768. The lowest BCUT2D eigenvalue weighted by Crippen LogP contribution is -2.30. The van der Waals surface area contributed by atoms with Crippen LogP contribution in [0, 0.1) is 0 Å². The fourth-order valence-electron chi connectivity index (χ4n) is 3.88. The maximum atomic E-state index is 12.2. The van der Waals surface area contributed by atoms with E-state index in [0.717, 1.165) is 35.6 Å². The van der Waals surface area contributed by atoms with Crippen LogP contribution in [0.2, 0.25) is 0 Å². The van der Waals surface area contributed by atoms with Crippen LogP contribution < -0.4 is 10.2 Å². The van der Waals surface area contributed by atoms with Gasteiger partial charge in [0.2, 0.25) is 0 Å². The Bertz CT molecular complexity index is 1050. The lowest BCUT2D eigenvalue weighted by atomic mass is 10.1. The second-order valence-electron chi connectivity index (χ2n) is 7.83. The fourth-order valence-corrected chi connectivity index (χ4v) is 3.88. The maximum Gasteiger partial charge on any atom is 0.325 e. The molecule has 0 unspecified atom stereocenters. The molecule has 0 spiro atoms. The summed E-state index contributed by atoms with van der Waals surface area (Å²) in [4.78, 5) is 26.0. The summed E-state index contributed by atoms with van der Waals surface area (Å²) in [6.45, 7) is 4.13. The highest BCUT2D eigenvalue weighted by Gasteiger charge is 2.13. The monoisotopic (exact) mass is 432 g/mol. The van der Waals surface area contributed by atoms with Crippen LogP contribution in [-0.2, 0) is 9.53 Å². The molecule has 7 heteroatoms. The van der Waals surface area contributed by atoms with Gasteiger partial charge < -0.3 is 15.0 Å². The second-order valence-corrected chi connectivity index (χ2v) is 7.83. The summed E-state index contributed by atoms with van der Waals surface area (Å²) in [7, 11) is 0. The Morgan fingerprint density at radius 2 is 1.69 bits per heavy atom. The normalized spacial score (nSPS) is 13.6. The number of aromatic nitrogens is 2. The highest BCUT2D eigenvalue weighted by molar-refractivity contribution is 5.96. The number of anilines is 1. The summed E-state index contributed by atoms with van der Waals surface area (Å²) in [6, 6.07) is 17.7. The minimum atomic E-state index is -0.452. The molecular formula is C25H28N4O3. The average molecular weight is 433 g/mol. The molecular weight excluding hydrogens is 404 g/mol. The molecule has 1 aliphatic heterocycles. The van der Waals surface area contributed by atoms with Gasteiger partial charge in [0.25, 0.3) is 5.91 Å². The predicted molar refractivity (Wildman–Crippen MR) is 124 cm³/mol. The molecule has 4 rings (SSSR count). The first-order chi connectivity index (χ1) is 15.6. The van der Waals surface area contributed by atoms with Crippen LogP contribution in [-0.4, -0.2) is 48.3 Å². The van der Waals surface area contributed by atoms with E-state index in [0.29, 0.717) is 5.56 Å². The third kappa shape index (κ3) is 5.17. The molecule has 1 fully saturated rings. The highest BCUT2D eigenvalue weighted by atomic mass is 16.5. The molecule has 0 radical (unpaired) electrons. The van der Waals surface area contributed by atoms with Gasteiger partial charge in [-0.3, -0.25) is 14.7 Å². The van der Waals surface area contributed by atoms with Gasteiger partial charge >= 0.3 is 5.97 Å². The summed E-state index contributed by atoms with van der Waals surface area (Å²) in [5.41, 5.74) is 5.48. The molecule has 0 saturated carbocycles. The van der Waals surface area contributed by atoms with Crippen molar-refractivity contribution in [1.82, 2.24) is 15.5 Å². The number of H-pyrrole nitrogens is 1. The van der Waals surface area contributed by atoms with Crippen LogP contribution in [0.5, 0.6) is 0 Å². The number of benzene rings is 2. The molecule has 32 heavy (non-hydrogen) atoms. The first-order valence-electron chi connectivity index (χ1n) is 11.1. The van der Waals surface area contributed by atoms with Crippen molar-refractivity contribution in [2.75, 3.05) is 31.1 Å². The third-order valence-corrected chi connectivity index (χ3v) is 5.62. The van der Waals surface area contributed by atoms with Gasteiger partial charge in [-0.05, 0) is 62.1 Å². The van der Waals surface area contributed by atoms with Gasteiger partial charge in [-0.15, -0.1) is 0 Å². The molecule has 1 saturated heterocycles. The van der Waals surface area contributed by atoms with Gasteiger partial charge in [-0.1, -0.05) is 24.3 Å². The van der Waals surface area contributed by atoms with Crippen molar-refractivity contribution in [3.63, 3.8) is 0 Å². The predicted octanol–water partition coefficient (Wildman–Crippen LogP) is 4.03. The van der Waals surface area contributed by atoms with Crippen LogP contribution in [0.25, 0.3) is 22.5 Å². The largest absolute Gasteiger partial charge is 0.465 e. The number of ether oxygens (including phenoxy) is 1. The van der Waals surface area contributed by atoms with Crippen molar-refractivity contribution in [3.8, 4) is 22.5 Å². The van der Waals surface area contributed by atoms with E-state index in [9.17, 15) is 9.59 Å². The Kier molecular flexibility index (Phi) is 6.84. The minimum Gasteiger partial charge on any atom is -0.465 e. The number of nitrogens with zero attached hydrogens (tertiary/aromatic N) is 2. The van der Waals surface area contributed by atoms with Gasteiger partial charge in [0, 0.05) is 29.9 Å². The van der Waals surface area contributed by atoms with Gasteiger partial charge in [-0.25, -0.2) is 0 Å². The highest BCUT2D eigenvalue weighted by Crippen LogP contribution is 2.27. The first kappa shape index (κ1) is 21.6. The topological polar surface area (TPSA) is 87.3 Å². The molecule has 1 aliphatic rings. The van der Waals surface area contributed by atoms with Gasteiger partial charge in [-0.2, -0.15) is 5.10 Å². The van der Waals surface area contributed by atoms with E-state index in [-0.39, 0.29) is 19.1 Å². The summed E-state index contributed by atoms with van der Waals surface area (Å²) in [6.07, 6.45) is 3.84. The van der Waals surface area contributed by atoms with Crippen LogP contribution in [0.15, 0.2) is 54.6 Å². The molecule has 1 amide bonds. The summed E-state index contributed by atoms with van der Waals surface area (Å²) >= 11 is 0. The zero-order chi connectivity index (χ0) is 22.3. The average Bonchev–Trinajstić information content (AvgIpc) is 3.34. The number of carbonyl (C=O) groups excluding carboxylic acids is 2. The second kappa shape index (κ2) is 10.1. The number of esters is 1. The van der Waals surface area contributed by atoms with Crippen LogP contribution in [0.3, 0.4) is 0 Å². The van der Waals surface area contributed by atoms with E-state index in [2.05, 4.69) is 44.7 Å². The fraction of sp³-hybridized carbons (Fsp3) is 0.320. The van der Waals surface area contributed by atoms with Crippen molar-refractivity contribution >= 4 is 17.6 Å². The lowest BCUT2D eigenvalue weighted by molar-refractivity contribution is -0.141. The molecule has 2 aromatic carbocycles. The smallest absolute Gasteiger partial charge is 0.325 e. The molecule has 166 valence electrons. The minimum absolute atomic E-state index is 0.144. The van der Waals surface area contributed by atoms with E-state index in [1.807, 2.05) is 18.2 Å². The standard InChI is InChI=1S/C25H28N4O3/c1-2-32-24(30)17-26-25(31)20-8-6-18(7-9-20)22-16-23(28-27-22)19-10-12-21(13-11-19)29-14-4-3-5-15-29/h6-13,16H,2-5,14-15,17H2,1H3,(H,26,31)(H,27,28). The molecule has 2 N–H and O–H groups in total. The molecule has 3 aromatic rings. The van der Waals surface area contributed by atoms with E-state index in [4.69, 9.17) is 4.74 Å². The van der Waals surface area contributed by atoms with Crippen molar-refractivity contribution < 1.29 is 14.3 Å². The Morgan fingerprint density at radius 1 is 1.00 bits per heavy atom. The van der Waals surface area contributed by atoms with E-state index < -0.39 is 5.97 Å². The van der Waals surface area contributed by atoms with Crippen molar-refractivity contribution in [1.29, 1.82) is 0 Å². The van der Waals surface area contributed by atoms with Crippen molar-refractivity contribution in [3.05, 3.63) is 60.2 Å². The number of aromatic amines is 1. The summed E-state index contributed by atoms with van der Waals surface area (Å²) < 4.78 is 4.81.